The quantitative estimate of drug-likeness (QED) is 0.850. The summed E-state index contributed by atoms with van der Waals surface area (Å²) >= 11 is 3.38. The molecule has 2 aromatic rings. The Morgan fingerprint density at radius 3 is 2.62 bits per heavy atom. The highest BCUT2D eigenvalue weighted by Gasteiger charge is 1.91. The average Bonchev–Trinajstić information content (AvgIpc) is 2.27. The Labute approximate surface area is 103 Å². The third-order valence-electron chi connectivity index (χ3n) is 2.10. The summed E-state index contributed by atoms with van der Waals surface area (Å²) in [6.07, 6.45) is 7.59. The minimum Gasteiger partial charge on any atom is -0.399 e. The topological polar surface area (TPSA) is 38.9 Å². The van der Waals surface area contributed by atoms with Gasteiger partial charge in [0.2, 0.25) is 0 Å². The molecular formula is C13H11BrN2. The van der Waals surface area contributed by atoms with Crippen molar-refractivity contribution in [3.63, 3.8) is 0 Å². The lowest BCUT2D eigenvalue weighted by Gasteiger charge is -1.96. The number of hydrogen-bond acceptors (Lipinski definition) is 2. The van der Waals surface area contributed by atoms with Crippen molar-refractivity contribution in [2.75, 3.05) is 5.73 Å². The summed E-state index contributed by atoms with van der Waals surface area (Å²) in [5.74, 6) is 0. The van der Waals surface area contributed by atoms with E-state index in [9.17, 15) is 0 Å². The predicted octanol–water partition coefficient (Wildman–Crippen LogP) is 3.60. The Hall–Kier alpha value is -1.61. The van der Waals surface area contributed by atoms with Crippen LogP contribution in [0.15, 0.2) is 47.2 Å². The smallest absolute Gasteiger partial charge is 0.0410 e. The van der Waals surface area contributed by atoms with Crippen molar-refractivity contribution in [3.8, 4) is 0 Å². The highest BCUT2D eigenvalue weighted by molar-refractivity contribution is 9.10. The monoisotopic (exact) mass is 274 g/mol. The van der Waals surface area contributed by atoms with Crippen LogP contribution in [0, 0.1) is 0 Å². The van der Waals surface area contributed by atoms with Gasteiger partial charge >= 0.3 is 0 Å². The number of pyridine rings is 1. The van der Waals surface area contributed by atoms with E-state index in [2.05, 4.69) is 20.9 Å². The molecule has 2 N–H and O–H groups in total. The second-order valence-electron chi connectivity index (χ2n) is 3.44. The van der Waals surface area contributed by atoms with Crippen molar-refractivity contribution >= 4 is 33.8 Å². The number of hydrogen-bond donors (Lipinski definition) is 1. The van der Waals surface area contributed by atoms with Gasteiger partial charge in [-0.2, -0.15) is 0 Å². The molecule has 0 aliphatic rings. The normalized spacial score (nSPS) is 10.8. The van der Waals surface area contributed by atoms with E-state index in [-0.39, 0.29) is 0 Å². The van der Waals surface area contributed by atoms with E-state index < -0.39 is 0 Å². The van der Waals surface area contributed by atoms with Crippen molar-refractivity contribution in [2.24, 2.45) is 0 Å². The van der Waals surface area contributed by atoms with Crippen LogP contribution in [-0.2, 0) is 0 Å². The van der Waals surface area contributed by atoms with Crippen LogP contribution >= 0.6 is 15.9 Å². The van der Waals surface area contributed by atoms with Gasteiger partial charge in [0.1, 0.15) is 0 Å². The van der Waals surface area contributed by atoms with Gasteiger partial charge in [0.15, 0.2) is 0 Å². The summed E-state index contributed by atoms with van der Waals surface area (Å²) in [5.41, 5.74) is 8.61. The SMILES string of the molecule is Nc1cccc(/C=C/c2cncc(Br)c2)c1. The number of halogens is 1. The molecule has 1 aromatic carbocycles. The molecule has 0 atom stereocenters. The Morgan fingerprint density at radius 1 is 1.06 bits per heavy atom. The fourth-order valence-electron chi connectivity index (χ4n) is 1.37. The molecule has 16 heavy (non-hydrogen) atoms. The molecule has 0 radical (unpaired) electrons. The first-order chi connectivity index (χ1) is 7.74. The number of nitrogen functional groups attached to an aromatic ring is 1. The van der Waals surface area contributed by atoms with E-state index in [1.807, 2.05) is 48.7 Å². The Balaban J connectivity index is 2.21. The third-order valence-corrected chi connectivity index (χ3v) is 2.54. The lowest BCUT2D eigenvalue weighted by molar-refractivity contribution is 1.30. The highest BCUT2D eigenvalue weighted by Crippen LogP contribution is 2.14. The van der Waals surface area contributed by atoms with Gasteiger partial charge in [-0.25, -0.2) is 0 Å². The molecule has 0 spiro atoms. The molecule has 3 heteroatoms. The third kappa shape index (κ3) is 2.94. The molecule has 0 aliphatic heterocycles. The van der Waals surface area contributed by atoms with E-state index in [0.29, 0.717) is 0 Å². The second kappa shape index (κ2) is 4.94. The zero-order valence-electron chi connectivity index (χ0n) is 8.60. The Morgan fingerprint density at radius 2 is 1.88 bits per heavy atom. The first-order valence-corrected chi connectivity index (χ1v) is 5.67. The van der Waals surface area contributed by atoms with Gasteiger partial charge in [-0.3, -0.25) is 4.98 Å². The molecule has 1 heterocycles. The maximum atomic E-state index is 5.70. The lowest BCUT2D eigenvalue weighted by atomic mass is 10.1. The molecule has 0 saturated heterocycles. The van der Waals surface area contributed by atoms with Crippen LogP contribution < -0.4 is 5.73 Å². The minimum atomic E-state index is 0.773. The summed E-state index contributed by atoms with van der Waals surface area (Å²) in [4.78, 5) is 4.09. The molecule has 1 aromatic heterocycles. The number of anilines is 1. The van der Waals surface area contributed by atoms with Crippen LogP contribution in [0.2, 0.25) is 0 Å². The van der Waals surface area contributed by atoms with Crippen LogP contribution in [0.5, 0.6) is 0 Å². The van der Waals surface area contributed by atoms with Gasteiger partial charge in [0.05, 0.1) is 0 Å². The summed E-state index contributed by atoms with van der Waals surface area (Å²) in [6, 6.07) is 9.77. The van der Waals surface area contributed by atoms with Crippen molar-refractivity contribution < 1.29 is 0 Å². The molecule has 0 saturated carbocycles. The van der Waals surface area contributed by atoms with Crippen LogP contribution in [-0.4, -0.2) is 4.98 Å². The Bertz CT molecular complexity index is 473. The summed E-state index contributed by atoms with van der Waals surface area (Å²) in [5, 5.41) is 0. The number of nitrogens with zero attached hydrogens (tertiary/aromatic N) is 1. The standard InChI is InChI=1S/C13H11BrN2/c14-12-6-11(8-16-9-12)5-4-10-2-1-3-13(15)7-10/h1-9H,15H2/b5-4+. The molecule has 0 bridgehead atoms. The first-order valence-electron chi connectivity index (χ1n) is 4.88. The molecule has 0 unspecified atom stereocenters. The van der Waals surface area contributed by atoms with Gasteiger partial charge < -0.3 is 5.73 Å². The van der Waals surface area contributed by atoms with Crippen molar-refractivity contribution in [1.82, 2.24) is 4.98 Å². The van der Waals surface area contributed by atoms with Gasteiger partial charge in [0.25, 0.3) is 0 Å². The van der Waals surface area contributed by atoms with Crippen LogP contribution in [0.25, 0.3) is 12.2 Å². The number of benzene rings is 1. The highest BCUT2D eigenvalue weighted by atomic mass is 79.9. The first kappa shape index (κ1) is 10.9. The molecule has 2 rings (SSSR count). The molecule has 80 valence electrons. The number of rotatable bonds is 2. The van der Waals surface area contributed by atoms with Crippen molar-refractivity contribution in [2.45, 2.75) is 0 Å². The lowest BCUT2D eigenvalue weighted by Crippen LogP contribution is -1.83. The molecule has 0 aliphatic carbocycles. The van der Waals surface area contributed by atoms with E-state index in [4.69, 9.17) is 5.73 Å². The van der Waals surface area contributed by atoms with Crippen LogP contribution in [0.3, 0.4) is 0 Å². The Kier molecular flexibility index (Phi) is 3.37. The zero-order chi connectivity index (χ0) is 11.4. The van der Waals surface area contributed by atoms with E-state index in [0.717, 1.165) is 21.3 Å². The molecule has 0 amide bonds. The fourth-order valence-corrected chi connectivity index (χ4v) is 1.76. The second-order valence-corrected chi connectivity index (χ2v) is 4.36. The molecule has 2 nitrogen and oxygen atoms in total. The van der Waals surface area contributed by atoms with Crippen molar-refractivity contribution in [1.29, 1.82) is 0 Å². The number of nitrogens with two attached hydrogens (primary N) is 1. The summed E-state index contributed by atoms with van der Waals surface area (Å²) < 4.78 is 0.974. The maximum absolute atomic E-state index is 5.70. The predicted molar refractivity (Wildman–Crippen MR) is 71.7 cm³/mol. The minimum absolute atomic E-state index is 0.773. The van der Waals surface area contributed by atoms with Crippen molar-refractivity contribution in [3.05, 3.63) is 58.3 Å². The average molecular weight is 275 g/mol. The van der Waals surface area contributed by atoms with Gasteiger partial charge in [-0.05, 0) is 45.3 Å². The van der Waals surface area contributed by atoms with Crippen LogP contribution in [0.1, 0.15) is 11.1 Å². The molecule has 0 fully saturated rings. The summed E-state index contributed by atoms with van der Waals surface area (Å²) in [6.45, 7) is 0. The maximum Gasteiger partial charge on any atom is 0.0410 e. The van der Waals surface area contributed by atoms with Gasteiger partial charge in [-0.15, -0.1) is 0 Å². The van der Waals surface area contributed by atoms with E-state index in [1.54, 1.807) is 6.20 Å². The largest absolute Gasteiger partial charge is 0.399 e. The van der Waals surface area contributed by atoms with Crippen LogP contribution in [0.4, 0.5) is 5.69 Å². The number of aromatic nitrogens is 1. The van der Waals surface area contributed by atoms with Gasteiger partial charge in [-0.1, -0.05) is 24.3 Å². The summed E-state index contributed by atoms with van der Waals surface area (Å²) in [7, 11) is 0. The zero-order valence-corrected chi connectivity index (χ0v) is 10.2. The van der Waals surface area contributed by atoms with E-state index in [1.165, 1.54) is 0 Å². The van der Waals surface area contributed by atoms with Gasteiger partial charge in [0, 0.05) is 22.6 Å². The molecular weight excluding hydrogens is 264 g/mol. The van der Waals surface area contributed by atoms with E-state index >= 15 is 0 Å². The fraction of sp³-hybridized carbons (Fsp3) is 0.